The Bertz CT molecular complexity index is 1510. The fourth-order valence-corrected chi connectivity index (χ4v) is 4.45. The summed E-state index contributed by atoms with van der Waals surface area (Å²) in [7, 11) is 0. The number of hydrogen-bond donors (Lipinski definition) is 0. The summed E-state index contributed by atoms with van der Waals surface area (Å²) in [6, 6.07) is 14.0. The van der Waals surface area contributed by atoms with E-state index in [0.717, 1.165) is 6.07 Å². The van der Waals surface area contributed by atoms with Crippen LogP contribution in [0.25, 0.3) is 22.7 Å². The van der Waals surface area contributed by atoms with Gasteiger partial charge in [0.15, 0.2) is 5.58 Å². The van der Waals surface area contributed by atoms with Crippen molar-refractivity contribution in [2.75, 3.05) is 0 Å². The zero-order valence-electron chi connectivity index (χ0n) is 17.1. The molecular weight excluding hydrogens is 599 g/mol. The van der Waals surface area contributed by atoms with E-state index in [-0.39, 0.29) is 22.8 Å². The van der Waals surface area contributed by atoms with Gasteiger partial charge in [0.2, 0.25) is 11.6 Å². The van der Waals surface area contributed by atoms with E-state index in [2.05, 4.69) is 36.8 Å². The number of halogens is 5. The molecule has 0 radical (unpaired) electrons. The highest BCUT2D eigenvalue weighted by molar-refractivity contribution is 9.11. The normalized spacial score (nSPS) is 11.9. The van der Waals surface area contributed by atoms with Gasteiger partial charge >= 0.3 is 11.9 Å². The third-order valence-corrected chi connectivity index (χ3v) is 5.72. The van der Waals surface area contributed by atoms with Crippen LogP contribution in [0.1, 0.15) is 17.0 Å². The first-order chi connectivity index (χ1) is 16.6. The highest BCUT2D eigenvalue weighted by atomic mass is 79.9. The van der Waals surface area contributed by atoms with Crippen molar-refractivity contribution in [3.63, 3.8) is 0 Å². The summed E-state index contributed by atoms with van der Waals surface area (Å²) < 4.78 is 51.4. The molecule has 4 aromatic rings. The second kappa shape index (κ2) is 9.52. The molecule has 0 aliphatic rings. The number of nitro groups is 1. The number of rotatable bonds is 5. The molecule has 0 fully saturated rings. The van der Waals surface area contributed by atoms with Gasteiger partial charge in [0.25, 0.3) is 0 Å². The largest absolute Gasteiger partial charge is 0.448 e. The van der Waals surface area contributed by atoms with Crippen molar-refractivity contribution in [2.45, 2.75) is 6.18 Å². The quantitative estimate of drug-likeness (QED) is 0.129. The first kappa shape index (κ1) is 24.4. The predicted octanol–water partition coefficient (Wildman–Crippen LogP) is 8.14. The zero-order valence-corrected chi connectivity index (χ0v) is 20.3. The second-order valence-electron chi connectivity index (χ2n) is 7.00. The van der Waals surface area contributed by atoms with Crippen molar-refractivity contribution in [2.24, 2.45) is 0 Å². The van der Waals surface area contributed by atoms with Crippen LogP contribution in [-0.2, 0) is 6.18 Å². The molecule has 12 heteroatoms. The van der Waals surface area contributed by atoms with Crippen LogP contribution in [0.2, 0.25) is 0 Å². The minimum Gasteiger partial charge on any atom is -0.448 e. The van der Waals surface area contributed by atoms with Gasteiger partial charge in [0.1, 0.15) is 22.9 Å². The smallest absolute Gasteiger partial charge is 0.416 e. The lowest BCUT2D eigenvalue weighted by molar-refractivity contribution is -0.385. The van der Waals surface area contributed by atoms with Gasteiger partial charge in [0, 0.05) is 16.1 Å². The summed E-state index contributed by atoms with van der Waals surface area (Å²) in [4.78, 5) is 14.8. The Morgan fingerprint density at radius 2 is 1.91 bits per heavy atom. The molecule has 0 aliphatic carbocycles. The van der Waals surface area contributed by atoms with Crippen LogP contribution in [-0.4, -0.2) is 9.91 Å². The van der Waals surface area contributed by atoms with Crippen molar-refractivity contribution in [1.29, 1.82) is 5.26 Å². The number of alkyl halides is 3. The Morgan fingerprint density at radius 1 is 1.17 bits per heavy atom. The van der Waals surface area contributed by atoms with Gasteiger partial charge in [-0.3, -0.25) is 10.1 Å². The number of nitro benzene ring substituents is 1. The molecule has 0 atom stereocenters. The van der Waals surface area contributed by atoms with E-state index >= 15 is 0 Å². The van der Waals surface area contributed by atoms with E-state index in [1.54, 1.807) is 36.4 Å². The number of nitrogens with zero attached hydrogens (tertiary/aromatic N) is 3. The van der Waals surface area contributed by atoms with Crippen molar-refractivity contribution in [3.05, 3.63) is 90.7 Å². The number of allylic oxidation sites excluding steroid dienone is 1. The van der Waals surface area contributed by atoms with Gasteiger partial charge in [-0.15, -0.1) is 0 Å². The van der Waals surface area contributed by atoms with Crippen LogP contribution in [0.15, 0.2) is 68.0 Å². The lowest BCUT2D eigenvalue weighted by Gasteiger charge is -2.13. The first-order valence-corrected chi connectivity index (χ1v) is 11.2. The monoisotopic (exact) mass is 607 g/mol. The Hall–Kier alpha value is -3.69. The number of aromatic nitrogens is 1. The average Bonchev–Trinajstić information content (AvgIpc) is 3.22. The van der Waals surface area contributed by atoms with Gasteiger partial charge in [-0.05, 0) is 58.4 Å². The Labute approximate surface area is 211 Å². The SMILES string of the molecule is N#C/C(=C\c1cc(Br)cc(Br)c1Oc1ccc(C(F)(F)F)cc1[N+](=O)[O-])c1nc2ccccc2o1. The van der Waals surface area contributed by atoms with Crippen LogP contribution >= 0.6 is 31.9 Å². The Kier molecular flexibility index (Phi) is 6.64. The van der Waals surface area contributed by atoms with Crippen LogP contribution < -0.4 is 4.74 Å². The first-order valence-electron chi connectivity index (χ1n) is 9.57. The van der Waals surface area contributed by atoms with Crippen molar-refractivity contribution in [1.82, 2.24) is 4.98 Å². The Morgan fingerprint density at radius 3 is 2.57 bits per heavy atom. The minimum atomic E-state index is -4.77. The molecule has 0 saturated heterocycles. The third-order valence-electron chi connectivity index (χ3n) is 4.68. The van der Waals surface area contributed by atoms with Crippen molar-refractivity contribution >= 4 is 60.3 Å². The molecule has 0 spiro atoms. The topological polar surface area (TPSA) is 102 Å². The lowest BCUT2D eigenvalue weighted by atomic mass is 10.1. The third kappa shape index (κ3) is 5.21. The van der Waals surface area contributed by atoms with Crippen LogP contribution in [0.5, 0.6) is 11.5 Å². The summed E-state index contributed by atoms with van der Waals surface area (Å²) >= 11 is 6.63. The van der Waals surface area contributed by atoms with E-state index in [9.17, 15) is 28.5 Å². The molecule has 1 aromatic heterocycles. The fourth-order valence-electron chi connectivity index (χ4n) is 3.11. The van der Waals surface area contributed by atoms with E-state index in [1.165, 1.54) is 6.08 Å². The molecule has 0 unspecified atom stereocenters. The van der Waals surface area contributed by atoms with Crippen molar-refractivity contribution in [3.8, 4) is 17.6 Å². The van der Waals surface area contributed by atoms with Crippen molar-refractivity contribution < 1.29 is 27.2 Å². The summed E-state index contributed by atoms with van der Waals surface area (Å²) in [6.07, 6.45) is -3.37. The molecule has 0 saturated carbocycles. The van der Waals surface area contributed by atoms with Crippen LogP contribution in [0, 0.1) is 21.4 Å². The molecule has 0 aliphatic heterocycles. The predicted molar refractivity (Wildman–Crippen MR) is 128 cm³/mol. The summed E-state index contributed by atoms with van der Waals surface area (Å²) in [5.74, 6) is -0.350. The molecule has 7 nitrogen and oxygen atoms in total. The highest BCUT2D eigenvalue weighted by Crippen LogP contribution is 2.42. The van der Waals surface area contributed by atoms with E-state index in [1.807, 2.05) is 6.07 Å². The Balaban J connectivity index is 1.82. The van der Waals surface area contributed by atoms with Gasteiger partial charge in [-0.1, -0.05) is 28.1 Å². The molecule has 1 heterocycles. The highest BCUT2D eigenvalue weighted by Gasteiger charge is 2.33. The van der Waals surface area contributed by atoms with Gasteiger partial charge in [0.05, 0.1) is 15.0 Å². The number of ether oxygens (including phenoxy) is 1. The summed E-state index contributed by atoms with van der Waals surface area (Å²) in [6.45, 7) is 0. The zero-order chi connectivity index (χ0) is 25.3. The number of oxazole rings is 1. The molecule has 0 bridgehead atoms. The van der Waals surface area contributed by atoms with Gasteiger partial charge in [-0.2, -0.15) is 18.4 Å². The second-order valence-corrected chi connectivity index (χ2v) is 8.77. The molecule has 35 heavy (non-hydrogen) atoms. The number of fused-ring (bicyclic) bond motifs is 1. The molecule has 0 amide bonds. The number of para-hydroxylation sites is 2. The molecule has 4 rings (SSSR count). The fraction of sp³-hybridized carbons (Fsp3) is 0.0435. The summed E-state index contributed by atoms with van der Waals surface area (Å²) in [5, 5.41) is 21.2. The molecule has 3 aromatic carbocycles. The van der Waals surface area contributed by atoms with Crippen LogP contribution in [0.3, 0.4) is 0 Å². The maximum absolute atomic E-state index is 13.1. The van der Waals surface area contributed by atoms with E-state index in [0.29, 0.717) is 32.2 Å². The molecule has 176 valence electrons. The maximum Gasteiger partial charge on any atom is 0.416 e. The standard InChI is InChI=1S/C23H10Br2F3N3O4/c24-15-8-12(7-13(11-29)22-30-17-3-1-2-4-19(17)35-22)21(16(25)10-15)34-20-6-5-14(23(26,27)28)9-18(20)31(32)33/h1-10H/b13-7+. The van der Waals surface area contributed by atoms with Gasteiger partial charge < -0.3 is 9.15 Å². The van der Waals surface area contributed by atoms with Gasteiger partial charge in [-0.25, -0.2) is 4.98 Å². The average molecular weight is 609 g/mol. The van der Waals surface area contributed by atoms with E-state index < -0.39 is 28.1 Å². The lowest BCUT2D eigenvalue weighted by Crippen LogP contribution is -2.06. The molecule has 0 N–H and O–H groups in total. The number of hydrogen-bond acceptors (Lipinski definition) is 6. The summed E-state index contributed by atoms with van der Waals surface area (Å²) in [5.41, 5.74) is -0.748. The van der Waals surface area contributed by atoms with E-state index in [4.69, 9.17) is 9.15 Å². The maximum atomic E-state index is 13.1. The molecular formula is C23H10Br2F3N3O4. The minimum absolute atomic E-state index is 0.0259. The number of benzene rings is 3. The number of nitriles is 1. The van der Waals surface area contributed by atoms with Crippen LogP contribution in [0.4, 0.5) is 18.9 Å².